The van der Waals surface area contributed by atoms with E-state index >= 15 is 0 Å². The number of carbonyl (C=O) groups excluding carboxylic acids is 2. The Morgan fingerprint density at radius 1 is 1.03 bits per heavy atom. The highest BCUT2D eigenvalue weighted by Crippen LogP contribution is 2.31. The van der Waals surface area contributed by atoms with Crippen LogP contribution in [0.15, 0.2) is 53.5 Å². The molecule has 0 aliphatic carbocycles. The maximum Gasteiger partial charge on any atom is 0.321 e. The van der Waals surface area contributed by atoms with Crippen LogP contribution < -0.4 is 15.0 Å². The third kappa shape index (κ3) is 4.94. The van der Waals surface area contributed by atoms with Crippen molar-refractivity contribution in [2.75, 3.05) is 44.8 Å². The van der Waals surface area contributed by atoms with Gasteiger partial charge in [0.05, 0.1) is 13.7 Å². The Bertz CT molecular complexity index is 1010. The molecule has 0 bridgehead atoms. The fourth-order valence-corrected chi connectivity index (χ4v) is 4.20. The topological polar surface area (TPSA) is 83.5 Å². The molecule has 0 radical (unpaired) electrons. The van der Waals surface area contributed by atoms with Gasteiger partial charge in [-0.3, -0.25) is 14.9 Å². The molecule has 2 aromatic carbocycles. The molecule has 4 rings (SSSR count). The molecule has 1 N–H and O–H groups in total. The van der Waals surface area contributed by atoms with E-state index < -0.39 is 17.9 Å². The molecule has 8 heteroatoms. The van der Waals surface area contributed by atoms with Crippen LogP contribution in [-0.2, 0) is 14.3 Å². The van der Waals surface area contributed by atoms with Gasteiger partial charge in [-0.15, -0.1) is 0 Å². The van der Waals surface area contributed by atoms with Crippen molar-refractivity contribution in [1.29, 1.82) is 0 Å². The summed E-state index contributed by atoms with van der Waals surface area (Å²) in [6.45, 7) is 6.93. The molecule has 1 amide bonds. The third-order valence-electron chi connectivity index (χ3n) is 6.07. The van der Waals surface area contributed by atoms with E-state index in [1.54, 1.807) is 14.0 Å². The van der Waals surface area contributed by atoms with E-state index in [9.17, 15) is 9.59 Å². The van der Waals surface area contributed by atoms with Gasteiger partial charge in [0.1, 0.15) is 11.8 Å². The summed E-state index contributed by atoms with van der Waals surface area (Å²) >= 11 is 0. The average Bonchev–Trinajstić information content (AvgIpc) is 2.84. The fraction of sp³-hybridized carbons (Fsp3) is 0.400. The summed E-state index contributed by atoms with van der Waals surface area (Å²) in [6, 6.07) is 15.2. The second-order valence-corrected chi connectivity index (χ2v) is 8.20. The van der Waals surface area contributed by atoms with Crippen LogP contribution in [0.25, 0.3) is 0 Å². The SMILES string of the molecule is CCOC(=O)C1C(=O)NC(N2CCN(c3ccc(OC)cc3)CC2)=NC1c1ccc(C)cc1. The minimum absolute atomic E-state index is 0.215. The molecular formula is C25H30N4O4. The summed E-state index contributed by atoms with van der Waals surface area (Å²) in [4.78, 5) is 34.8. The number of rotatable bonds is 5. The highest BCUT2D eigenvalue weighted by Gasteiger charge is 2.42. The quantitative estimate of drug-likeness (QED) is 0.557. The predicted molar refractivity (Wildman–Crippen MR) is 126 cm³/mol. The Labute approximate surface area is 194 Å². The number of piperazine rings is 1. The largest absolute Gasteiger partial charge is 0.497 e. The van der Waals surface area contributed by atoms with Crippen molar-refractivity contribution in [2.45, 2.75) is 19.9 Å². The molecule has 1 fully saturated rings. The third-order valence-corrected chi connectivity index (χ3v) is 6.07. The molecular weight excluding hydrogens is 420 g/mol. The molecule has 2 unspecified atom stereocenters. The lowest BCUT2D eigenvalue weighted by Gasteiger charge is -2.39. The fourth-order valence-electron chi connectivity index (χ4n) is 4.20. The zero-order valence-electron chi connectivity index (χ0n) is 19.3. The lowest BCUT2D eigenvalue weighted by molar-refractivity contribution is -0.153. The zero-order valence-corrected chi connectivity index (χ0v) is 19.3. The highest BCUT2D eigenvalue weighted by molar-refractivity contribution is 6.08. The molecule has 2 aliphatic heterocycles. The average molecular weight is 451 g/mol. The molecule has 0 spiro atoms. The number of anilines is 1. The van der Waals surface area contributed by atoms with Gasteiger partial charge < -0.3 is 19.3 Å². The number of ether oxygens (including phenoxy) is 2. The van der Waals surface area contributed by atoms with Crippen LogP contribution in [0.4, 0.5) is 5.69 Å². The Kier molecular flexibility index (Phi) is 6.82. The van der Waals surface area contributed by atoms with Crippen LogP contribution in [0, 0.1) is 12.8 Å². The standard InChI is InChI=1S/C25H30N4O4/c1-4-33-24(31)21-22(18-7-5-17(2)6-8-18)26-25(27-23(21)30)29-15-13-28(14-16-29)19-9-11-20(32-3)12-10-19/h5-12,21-22H,4,13-16H2,1-3H3,(H,26,27,30). The minimum atomic E-state index is -1.00. The number of carbonyl (C=O) groups is 2. The lowest BCUT2D eigenvalue weighted by atomic mass is 9.91. The molecule has 8 nitrogen and oxygen atoms in total. The van der Waals surface area contributed by atoms with Crippen molar-refractivity contribution in [3.63, 3.8) is 0 Å². The molecule has 2 aliphatic rings. The Morgan fingerprint density at radius 2 is 1.67 bits per heavy atom. The molecule has 0 aromatic heterocycles. The molecule has 2 aromatic rings. The number of benzene rings is 2. The van der Waals surface area contributed by atoms with Crippen LogP contribution in [0.2, 0.25) is 0 Å². The number of aryl methyl sites for hydroxylation is 1. The smallest absolute Gasteiger partial charge is 0.321 e. The maximum atomic E-state index is 13.0. The van der Waals surface area contributed by atoms with Gasteiger partial charge in [0.15, 0.2) is 5.92 Å². The van der Waals surface area contributed by atoms with E-state index in [0.29, 0.717) is 19.0 Å². The highest BCUT2D eigenvalue weighted by atomic mass is 16.5. The first-order chi connectivity index (χ1) is 16.0. The van der Waals surface area contributed by atoms with Gasteiger partial charge >= 0.3 is 5.97 Å². The number of amides is 1. The Balaban J connectivity index is 1.53. The van der Waals surface area contributed by atoms with Crippen LogP contribution in [0.5, 0.6) is 5.75 Å². The summed E-state index contributed by atoms with van der Waals surface area (Å²) < 4.78 is 10.4. The summed E-state index contributed by atoms with van der Waals surface area (Å²) in [5.41, 5.74) is 3.05. The molecule has 174 valence electrons. The first-order valence-corrected chi connectivity index (χ1v) is 11.3. The molecule has 0 saturated carbocycles. The number of hydrogen-bond acceptors (Lipinski definition) is 7. The Morgan fingerprint density at radius 3 is 2.27 bits per heavy atom. The van der Waals surface area contributed by atoms with Crippen molar-refractivity contribution in [2.24, 2.45) is 10.9 Å². The van der Waals surface area contributed by atoms with E-state index in [0.717, 1.165) is 35.7 Å². The summed E-state index contributed by atoms with van der Waals surface area (Å²) in [5, 5.41) is 2.86. The lowest BCUT2D eigenvalue weighted by Crippen LogP contribution is -2.57. The van der Waals surface area contributed by atoms with E-state index in [2.05, 4.69) is 15.1 Å². The van der Waals surface area contributed by atoms with Gasteiger partial charge in [0.2, 0.25) is 11.9 Å². The van der Waals surface area contributed by atoms with E-state index in [4.69, 9.17) is 14.5 Å². The number of hydrogen-bond donors (Lipinski definition) is 1. The van der Waals surface area contributed by atoms with Crippen LogP contribution in [0.1, 0.15) is 24.1 Å². The van der Waals surface area contributed by atoms with Crippen LogP contribution in [-0.4, -0.2) is 62.6 Å². The number of aliphatic imine (C=N–C) groups is 1. The van der Waals surface area contributed by atoms with Gasteiger partial charge in [-0.05, 0) is 43.7 Å². The molecule has 1 saturated heterocycles. The minimum Gasteiger partial charge on any atom is -0.497 e. The van der Waals surface area contributed by atoms with Crippen LogP contribution in [0.3, 0.4) is 0 Å². The van der Waals surface area contributed by atoms with Gasteiger partial charge in [0, 0.05) is 31.9 Å². The number of esters is 1. The monoisotopic (exact) mass is 450 g/mol. The zero-order chi connectivity index (χ0) is 23.4. The molecule has 2 atom stereocenters. The van der Waals surface area contributed by atoms with Gasteiger partial charge in [-0.2, -0.15) is 0 Å². The number of nitrogens with zero attached hydrogens (tertiary/aromatic N) is 3. The first-order valence-electron chi connectivity index (χ1n) is 11.3. The predicted octanol–water partition coefficient (Wildman–Crippen LogP) is 2.53. The van der Waals surface area contributed by atoms with Crippen molar-refractivity contribution >= 4 is 23.5 Å². The summed E-state index contributed by atoms with van der Waals surface area (Å²) in [6.07, 6.45) is 0. The second-order valence-electron chi connectivity index (χ2n) is 8.20. The summed E-state index contributed by atoms with van der Waals surface area (Å²) in [5.74, 6) is -0.582. The second kappa shape index (κ2) is 9.94. The number of nitrogens with one attached hydrogen (secondary N) is 1. The van der Waals surface area contributed by atoms with Gasteiger partial charge in [0.25, 0.3) is 0 Å². The number of methoxy groups -OCH3 is 1. The van der Waals surface area contributed by atoms with Crippen molar-refractivity contribution in [3.05, 3.63) is 59.7 Å². The van der Waals surface area contributed by atoms with E-state index in [-0.39, 0.29) is 12.5 Å². The van der Waals surface area contributed by atoms with Crippen molar-refractivity contribution in [3.8, 4) is 5.75 Å². The van der Waals surface area contributed by atoms with Gasteiger partial charge in [-0.25, -0.2) is 4.99 Å². The first kappa shape index (κ1) is 22.6. The van der Waals surface area contributed by atoms with E-state index in [1.165, 1.54) is 0 Å². The normalized spacial score (nSPS) is 20.7. The number of guanidine groups is 1. The van der Waals surface area contributed by atoms with E-state index in [1.807, 2.05) is 55.5 Å². The van der Waals surface area contributed by atoms with Gasteiger partial charge in [-0.1, -0.05) is 29.8 Å². The van der Waals surface area contributed by atoms with Crippen LogP contribution >= 0.6 is 0 Å². The van der Waals surface area contributed by atoms with Crippen molar-refractivity contribution in [1.82, 2.24) is 10.2 Å². The molecule has 33 heavy (non-hydrogen) atoms. The maximum absolute atomic E-state index is 13.0. The van der Waals surface area contributed by atoms with Crippen molar-refractivity contribution < 1.29 is 19.1 Å². The molecule has 2 heterocycles. The Hall–Kier alpha value is -3.55. The summed E-state index contributed by atoms with van der Waals surface area (Å²) in [7, 11) is 1.66.